The van der Waals surface area contributed by atoms with Crippen LogP contribution in [0.25, 0.3) is 11.1 Å². The van der Waals surface area contributed by atoms with Crippen LogP contribution < -0.4 is 32.0 Å². The van der Waals surface area contributed by atoms with Crippen LogP contribution in [0.15, 0.2) is 65.9 Å². The summed E-state index contributed by atoms with van der Waals surface area (Å²) in [6.07, 6.45) is 15.5. The van der Waals surface area contributed by atoms with E-state index in [-0.39, 0.29) is 24.5 Å². The molecule has 1 saturated carbocycles. The summed E-state index contributed by atoms with van der Waals surface area (Å²) in [5.74, 6) is 2.69. The fourth-order valence-electron chi connectivity index (χ4n) is 6.98. The van der Waals surface area contributed by atoms with Crippen LogP contribution in [-0.4, -0.2) is 67.6 Å². The molecule has 2 heterocycles. The highest BCUT2D eigenvalue weighted by Crippen LogP contribution is 2.28. The van der Waals surface area contributed by atoms with Crippen LogP contribution >= 0.6 is 0 Å². The lowest BCUT2D eigenvalue weighted by Crippen LogP contribution is -2.42. The molecule has 0 bridgehead atoms. The molecule has 0 aliphatic heterocycles. The molecule has 14 heteroatoms. The van der Waals surface area contributed by atoms with E-state index in [0.29, 0.717) is 56.6 Å². The van der Waals surface area contributed by atoms with Crippen LogP contribution in [0.2, 0.25) is 0 Å². The van der Waals surface area contributed by atoms with E-state index in [1.54, 1.807) is 9.36 Å². The molecule has 1 aliphatic carbocycles. The van der Waals surface area contributed by atoms with Crippen LogP contribution in [0.3, 0.4) is 0 Å². The van der Waals surface area contributed by atoms with Gasteiger partial charge in [-0.25, -0.2) is 4.68 Å². The molecule has 5 rings (SSSR count). The Kier molecular flexibility index (Phi) is 16.3. The van der Waals surface area contributed by atoms with Crippen LogP contribution in [0, 0.1) is 11.8 Å². The van der Waals surface area contributed by atoms with Crippen molar-refractivity contribution < 1.29 is 14.3 Å². The number of rotatable bonds is 23. The number of carbonyl (C=O) groups is 1. The number of amides is 1. The zero-order valence-electron chi connectivity index (χ0n) is 32.7. The van der Waals surface area contributed by atoms with E-state index >= 15 is 0 Å². The molecular weight excluding hydrogens is 695 g/mol. The van der Waals surface area contributed by atoms with Gasteiger partial charge in [0.1, 0.15) is 29.8 Å². The first-order valence-corrected chi connectivity index (χ1v) is 20.1. The van der Waals surface area contributed by atoms with Crippen LogP contribution in [0.4, 0.5) is 0 Å². The molecule has 1 fully saturated rings. The minimum atomic E-state index is -0.561. The topological polar surface area (TPSA) is 199 Å². The lowest BCUT2D eigenvalue weighted by molar-refractivity contribution is -0.125. The first-order valence-electron chi connectivity index (χ1n) is 20.1. The van der Waals surface area contributed by atoms with Gasteiger partial charge in [0, 0.05) is 18.8 Å². The Labute approximate surface area is 325 Å². The highest BCUT2D eigenvalue weighted by molar-refractivity contribution is 5.80. The van der Waals surface area contributed by atoms with Crippen molar-refractivity contribution in [3.63, 3.8) is 0 Å². The number of hydrogen-bond acceptors (Lipinski definition) is 9. The zero-order chi connectivity index (χ0) is 38.8. The molecule has 0 radical (unpaired) electrons. The molecule has 2 aromatic heterocycles. The first-order chi connectivity index (χ1) is 26.7. The Bertz CT molecular complexity index is 1760. The van der Waals surface area contributed by atoms with Crippen molar-refractivity contribution in [3.8, 4) is 22.6 Å². The smallest absolute Gasteiger partial charge is 0.245 e. The minimum Gasteiger partial charge on any atom is -0.494 e. The van der Waals surface area contributed by atoms with Crippen molar-refractivity contribution >= 4 is 11.9 Å². The fourth-order valence-corrected chi connectivity index (χ4v) is 6.98. The maximum Gasteiger partial charge on any atom is 0.245 e. The molecule has 4 aromatic rings. The summed E-state index contributed by atoms with van der Waals surface area (Å²) < 4.78 is 15.6. The molecule has 298 valence electrons. The molecule has 7 N–H and O–H groups in total. The Morgan fingerprint density at radius 2 is 1.62 bits per heavy atom. The number of hydrogen-bond donors (Lipinski definition) is 4. The predicted octanol–water partition coefficient (Wildman–Crippen LogP) is 5.57. The molecule has 2 atom stereocenters. The second-order valence-corrected chi connectivity index (χ2v) is 15.2. The Balaban J connectivity index is 1.21. The van der Waals surface area contributed by atoms with Crippen LogP contribution in [0.5, 0.6) is 11.5 Å². The van der Waals surface area contributed by atoms with Crippen molar-refractivity contribution in [1.82, 2.24) is 35.3 Å². The molecule has 14 nitrogen and oxygen atoms in total. The lowest BCUT2D eigenvalue weighted by Gasteiger charge is -2.23. The molecular formula is C41H61N11O3. The SMILES string of the molecule is CC(C)CCOc1cccc(-c2cccc(OCc3cn(C[C@@H](CCCCN)NC(=O)[C@@H](CCCN=C(N)N)n4cc(CC5CCCCC5)nn4)nn3)c2)c1. The summed E-state index contributed by atoms with van der Waals surface area (Å²) >= 11 is 0. The van der Waals surface area contributed by atoms with E-state index in [0.717, 1.165) is 60.4 Å². The number of nitrogens with zero attached hydrogens (tertiary/aromatic N) is 7. The maximum atomic E-state index is 14.0. The number of ether oxygens (including phenoxy) is 2. The van der Waals surface area contributed by atoms with Gasteiger partial charge in [-0.1, -0.05) is 87.1 Å². The van der Waals surface area contributed by atoms with Crippen molar-refractivity contribution in [2.24, 2.45) is 34.0 Å². The second-order valence-electron chi connectivity index (χ2n) is 15.2. The highest BCUT2D eigenvalue weighted by Gasteiger charge is 2.26. The Morgan fingerprint density at radius 3 is 2.33 bits per heavy atom. The van der Waals surface area contributed by atoms with Gasteiger partial charge in [-0.3, -0.25) is 14.5 Å². The molecule has 0 saturated heterocycles. The molecule has 2 aromatic carbocycles. The van der Waals surface area contributed by atoms with E-state index < -0.39 is 6.04 Å². The number of carbonyl (C=O) groups excluding carboxylic acids is 1. The quantitative estimate of drug-likeness (QED) is 0.0422. The van der Waals surface area contributed by atoms with Gasteiger partial charge in [0.25, 0.3) is 0 Å². The Hall–Kier alpha value is -4.98. The van der Waals surface area contributed by atoms with Crippen molar-refractivity contribution in [2.45, 2.75) is 116 Å². The van der Waals surface area contributed by atoms with Gasteiger partial charge in [-0.2, -0.15) is 0 Å². The second kappa shape index (κ2) is 21.8. The monoisotopic (exact) mass is 755 g/mol. The third-order valence-corrected chi connectivity index (χ3v) is 10.0. The van der Waals surface area contributed by atoms with Gasteiger partial charge in [-0.15, -0.1) is 10.2 Å². The zero-order valence-corrected chi connectivity index (χ0v) is 32.7. The number of benzene rings is 2. The maximum absolute atomic E-state index is 14.0. The lowest BCUT2D eigenvalue weighted by atomic mass is 9.86. The molecule has 55 heavy (non-hydrogen) atoms. The van der Waals surface area contributed by atoms with Crippen molar-refractivity contribution in [2.75, 3.05) is 19.7 Å². The number of unbranched alkanes of at least 4 members (excludes halogenated alkanes) is 1. The fraction of sp³-hybridized carbons (Fsp3) is 0.561. The molecule has 1 amide bonds. The van der Waals surface area contributed by atoms with Crippen LogP contribution in [-0.2, 0) is 24.4 Å². The van der Waals surface area contributed by atoms with Gasteiger partial charge < -0.3 is 32.0 Å². The van der Waals surface area contributed by atoms with E-state index in [1.807, 2.05) is 42.7 Å². The summed E-state index contributed by atoms with van der Waals surface area (Å²) in [6.45, 7) is 6.78. The summed E-state index contributed by atoms with van der Waals surface area (Å²) in [5.41, 5.74) is 20.6. The van der Waals surface area contributed by atoms with E-state index in [9.17, 15) is 4.79 Å². The number of nitrogens with one attached hydrogen (secondary N) is 1. The van der Waals surface area contributed by atoms with Gasteiger partial charge in [-0.05, 0) is 92.3 Å². The van der Waals surface area contributed by atoms with Gasteiger partial charge in [0.05, 0.1) is 25.0 Å². The summed E-state index contributed by atoms with van der Waals surface area (Å²) in [4.78, 5) is 18.1. The van der Waals surface area contributed by atoms with Gasteiger partial charge >= 0.3 is 0 Å². The largest absolute Gasteiger partial charge is 0.494 e. The van der Waals surface area contributed by atoms with Crippen LogP contribution in [0.1, 0.15) is 102 Å². The summed E-state index contributed by atoms with van der Waals surface area (Å²) in [5, 5.41) is 20.9. The number of nitrogens with two attached hydrogens (primary N) is 3. The van der Waals surface area contributed by atoms with E-state index in [2.05, 4.69) is 63.0 Å². The number of aliphatic imine (C=N–C) groups is 1. The van der Waals surface area contributed by atoms with E-state index in [4.69, 9.17) is 26.7 Å². The number of aromatic nitrogens is 6. The third kappa shape index (κ3) is 14.0. The Morgan fingerprint density at radius 1 is 0.891 bits per heavy atom. The summed E-state index contributed by atoms with van der Waals surface area (Å²) in [6, 6.07) is 15.3. The third-order valence-electron chi connectivity index (χ3n) is 10.0. The average Bonchev–Trinajstić information content (AvgIpc) is 3.83. The van der Waals surface area contributed by atoms with Crippen molar-refractivity contribution in [1.29, 1.82) is 0 Å². The highest BCUT2D eigenvalue weighted by atomic mass is 16.5. The summed E-state index contributed by atoms with van der Waals surface area (Å²) in [7, 11) is 0. The van der Waals surface area contributed by atoms with Crippen molar-refractivity contribution in [3.05, 3.63) is 72.3 Å². The standard InChI is InChI=1S/C41H61N11O3/c1-30(2)19-22-54-37-16-8-13-32(24-37)33-14-9-17-38(25-33)55-29-36-27-51(49-48-36)26-34(15-6-7-20-42)46-40(53)39(18-10-21-45-41(43)44)52-28-35(47-50-52)23-31-11-4-3-5-12-31/h8-9,13-14,16-17,24-25,27-28,30-31,34,39H,3-7,10-12,15,18-23,26,29,42H2,1-2H3,(H,46,53)(H4,43,44,45)/t34-,39-/m1/s1. The predicted molar refractivity (Wildman–Crippen MR) is 215 cm³/mol. The normalized spacial score (nSPS) is 14.4. The van der Waals surface area contributed by atoms with Gasteiger partial charge in [0.15, 0.2) is 5.96 Å². The first kappa shape index (κ1) is 41.2. The average molecular weight is 756 g/mol. The molecule has 0 spiro atoms. The molecule has 0 unspecified atom stereocenters. The molecule has 1 aliphatic rings. The minimum absolute atomic E-state index is 0.0340. The van der Waals surface area contributed by atoms with Gasteiger partial charge in [0.2, 0.25) is 5.91 Å². The van der Waals surface area contributed by atoms with E-state index in [1.165, 1.54) is 32.1 Å². The number of guanidine groups is 1.